The van der Waals surface area contributed by atoms with E-state index < -0.39 is 0 Å². The minimum Gasteiger partial charge on any atom is -0.333 e. The number of hydrogen-bond acceptors (Lipinski definition) is 3. The molecule has 2 fully saturated rings. The lowest BCUT2D eigenvalue weighted by Gasteiger charge is -2.33. The molecule has 4 nitrogen and oxygen atoms in total. The molecule has 0 radical (unpaired) electrons. The average molecular weight is 396 g/mol. The van der Waals surface area contributed by atoms with Gasteiger partial charge < -0.3 is 4.90 Å². The summed E-state index contributed by atoms with van der Waals surface area (Å²) in [5.74, 6) is 1.44. The molecular weight excluding hydrogens is 366 g/mol. The summed E-state index contributed by atoms with van der Waals surface area (Å²) in [7, 11) is 2.07. The Morgan fingerprint density at radius 2 is 1.85 bits per heavy atom. The smallest absolute Gasteiger partial charge is 0.225 e. The van der Waals surface area contributed by atoms with Gasteiger partial charge >= 0.3 is 0 Å². The van der Waals surface area contributed by atoms with E-state index in [0.717, 1.165) is 16.6 Å². The highest BCUT2D eigenvalue weighted by atomic mass is 35.5. The Bertz CT molecular complexity index is 641. The Hall–Kier alpha value is -1.20. The number of hydrogen-bond donors (Lipinski definition) is 0. The van der Waals surface area contributed by atoms with Crippen molar-refractivity contribution in [1.29, 1.82) is 0 Å². The fourth-order valence-electron chi connectivity index (χ4n) is 3.64. The van der Waals surface area contributed by atoms with Crippen molar-refractivity contribution in [2.75, 3.05) is 17.7 Å². The van der Waals surface area contributed by atoms with E-state index in [2.05, 4.69) is 50.1 Å². The molecule has 6 heteroatoms. The number of amidine groups is 1. The SMILES string of the molecule is CC(=O)N(c1ccc(C(C)C)cc1)C1CSC(=NC2CCCC2)N1C.Cl. The molecular formula is C20H30ClN3OS. The van der Waals surface area contributed by atoms with Crippen molar-refractivity contribution in [3.63, 3.8) is 0 Å². The Balaban J connectivity index is 0.00000243. The van der Waals surface area contributed by atoms with Crippen LogP contribution in [-0.2, 0) is 4.79 Å². The zero-order valence-corrected chi connectivity index (χ0v) is 17.8. The minimum absolute atomic E-state index is 0. The van der Waals surface area contributed by atoms with Crippen LogP contribution in [0.3, 0.4) is 0 Å². The van der Waals surface area contributed by atoms with Crippen molar-refractivity contribution in [3.05, 3.63) is 29.8 Å². The van der Waals surface area contributed by atoms with E-state index in [1.165, 1.54) is 31.2 Å². The first-order chi connectivity index (χ1) is 12.0. The fraction of sp³-hybridized carbons (Fsp3) is 0.600. The zero-order valence-electron chi connectivity index (χ0n) is 16.1. The highest BCUT2D eigenvalue weighted by Gasteiger charge is 2.35. The number of carbonyl (C=O) groups excluding carboxylic acids is 1. The van der Waals surface area contributed by atoms with Gasteiger partial charge in [-0.2, -0.15) is 0 Å². The van der Waals surface area contributed by atoms with Crippen LogP contribution in [-0.4, -0.2) is 41.0 Å². The summed E-state index contributed by atoms with van der Waals surface area (Å²) in [4.78, 5) is 21.4. The Kier molecular flexibility index (Phi) is 7.42. The topological polar surface area (TPSA) is 35.9 Å². The minimum atomic E-state index is 0. The molecule has 1 saturated carbocycles. The van der Waals surface area contributed by atoms with Crippen molar-refractivity contribution in [1.82, 2.24) is 4.90 Å². The van der Waals surface area contributed by atoms with Crippen LogP contribution in [0.25, 0.3) is 0 Å². The summed E-state index contributed by atoms with van der Waals surface area (Å²) in [6, 6.07) is 8.87. The molecule has 1 heterocycles. The molecule has 26 heavy (non-hydrogen) atoms. The van der Waals surface area contributed by atoms with Crippen LogP contribution in [0.1, 0.15) is 57.9 Å². The first-order valence-electron chi connectivity index (χ1n) is 9.30. The predicted octanol–water partition coefficient (Wildman–Crippen LogP) is 4.89. The van der Waals surface area contributed by atoms with Gasteiger partial charge in [0.1, 0.15) is 6.17 Å². The number of carbonyl (C=O) groups is 1. The second kappa shape index (κ2) is 9.14. The second-order valence-electron chi connectivity index (χ2n) is 7.39. The molecule has 2 aliphatic rings. The molecule has 1 atom stereocenters. The first-order valence-corrected chi connectivity index (χ1v) is 10.3. The molecule has 0 aromatic heterocycles. The van der Waals surface area contributed by atoms with E-state index in [1.807, 2.05) is 4.90 Å². The maximum atomic E-state index is 12.4. The Morgan fingerprint density at radius 3 is 2.38 bits per heavy atom. The van der Waals surface area contributed by atoms with Crippen molar-refractivity contribution in [3.8, 4) is 0 Å². The first kappa shape index (κ1) is 21.1. The third-order valence-electron chi connectivity index (χ3n) is 5.20. The van der Waals surface area contributed by atoms with Crippen LogP contribution in [0.15, 0.2) is 29.3 Å². The maximum absolute atomic E-state index is 12.4. The van der Waals surface area contributed by atoms with Gasteiger partial charge in [0.2, 0.25) is 5.91 Å². The van der Waals surface area contributed by atoms with Gasteiger partial charge in [-0.1, -0.05) is 50.6 Å². The molecule has 1 aromatic carbocycles. The highest BCUT2D eigenvalue weighted by molar-refractivity contribution is 8.14. The van der Waals surface area contributed by atoms with E-state index in [4.69, 9.17) is 4.99 Å². The molecule has 1 unspecified atom stereocenters. The van der Waals surface area contributed by atoms with Crippen molar-refractivity contribution in [2.24, 2.45) is 4.99 Å². The van der Waals surface area contributed by atoms with Gasteiger partial charge in [-0.25, -0.2) is 0 Å². The third kappa shape index (κ3) is 4.55. The lowest BCUT2D eigenvalue weighted by atomic mass is 10.0. The van der Waals surface area contributed by atoms with Gasteiger partial charge in [-0.15, -0.1) is 12.4 Å². The van der Waals surface area contributed by atoms with Crippen LogP contribution in [0.2, 0.25) is 0 Å². The number of amides is 1. The number of benzene rings is 1. The summed E-state index contributed by atoms with van der Waals surface area (Å²) in [5, 5.41) is 1.09. The van der Waals surface area contributed by atoms with Gasteiger partial charge in [0.25, 0.3) is 0 Å². The van der Waals surface area contributed by atoms with Gasteiger partial charge in [-0.05, 0) is 36.5 Å². The molecule has 0 bridgehead atoms. The fourth-order valence-corrected chi connectivity index (χ4v) is 4.86. The lowest BCUT2D eigenvalue weighted by Crippen LogP contribution is -2.48. The quantitative estimate of drug-likeness (QED) is 0.728. The van der Waals surface area contributed by atoms with E-state index in [9.17, 15) is 4.79 Å². The molecule has 1 aromatic rings. The molecule has 1 aliphatic carbocycles. The van der Waals surface area contributed by atoms with E-state index >= 15 is 0 Å². The van der Waals surface area contributed by atoms with Gasteiger partial charge in [-0.3, -0.25) is 14.7 Å². The largest absolute Gasteiger partial charge is 0.333 e. The highest BCUT2D eigenvalue weighted by Crippen LogP contribution is 2.31. The van der Waals surface area contributed by atoms with Gasteiger partial charge in [0.05, 0.1) is 6.04 Å². The van der Waals surface area contributed by atoms with Crippen LogP contribution < -0.4 is 4.90 Å². The summed E-state index contributed by atoms with van der Waals surface area (Å²) in [5.41, 5.74) is 2.27. The standard InChI is InChI=1S/C20H29N3OS.ClH/c1-14(2)16-9-11-18(12-10-16)23(15(3)24)19-13-25-20(22(19)4)21-17-7-5-6-8-17;/h9-12,14,17,19H,5-8,13H2,1-4H3;1H. The number of halogens is 1. The molecule has 144 valence electrons. The van der Waals surface area contributed by atoms with Crippen LogP contribution >= 0.6 is 24.2 Å². The van der Waals surface area contributed by atoms with Gasteiger partial charge in [0.15, 0.2) is 5.17 Å². The Labute approximate surface area is 167 Å². The molecule has 3 rings (SSSR count). The summed E-state index contributed by atoms with van der Waals surface area (Å²) >= 11 is 1.78. The number of thioether (sulfide) groups is 1. The summed E-state index contributed by atoms with van der Waals surface area (Å²) < 4.78 is 0. The maximum Gasteiger partial charge on any atom is 0.225 e. The number of nitrogens with zero attached hydrogens (tertiary/aromatic N) is 3. The normalized spacial score (nSPS) is 22.1. The number of anilines is 1. The lowest BCUT2D eigenvalue weighted by molar-refractivity contribution is -0.117. The van der Waals surface area contributed by atoms with E-state index in [1.54, 1.807) is 18.7 Å². The van der Waals surface area contributed by atoms with Crippen LogP contribution in [0, 0.1) is 0 Å². The predicted molar refractivity (Wildman–Crippen MR) is 115 cm³/mol. The van der Waals surface area contributed by atoms with E-state index in [0.29, 0.717) is 12.0 Å². The monoisotopic (exact) mass is 395 g/mol. The van der Waals surface area contributed by atoms with Crippen LogP contribution in [0.5, 0.6) is 0 Å². The molecule has 1 aliphatic heterocycles. The van der Waals surface area contributed by atoms with Gasteiger partial charge in [0, 0.05) is 25.4 Å². The molecule has 0 N–H and O–H groups in total. The summed E-state index contributed by atoms with van der Waals surface area (Å²) in [6.45, 7) is 6.02. The second-order valence-corrected chi connectivity index (χ2v) is 8.37. The summed E-state index contributed by atoms with van der Waals surface area (Å²) in [6.07, 6.45) is 5.03. The van der Waals surface area contributed by atoms with Crippen LogP contribution in [0.4, 0.5) is 5.69 Å². The Morgan fingerprint density at radius 1 is 1.23 bits per heavy atom. The zero-order chi connectivity index (χ0) is 18.0. The third-order valence-corrected chi connectivity index (χ3v) is 6.32. The molecule has 1 amide bonds. The van der Waals surface area contributed by atoms with Crippen molar-refractivity contribution < 1.29 is 4.79 Å². The van der Waals surface area contributed by atoms with Crippen molar-refractivity contribution >= 4 is 40.9 Å². The number of rotatable bonds is 4. The number of aliphatic imine (C=N–C) groups is 1. The van der Waals surface area contributed by atoms with E-state index in [-0.39, 0.29) is 24.5 Å². The average Bonchev–Trinajstić information content (AvgIpc) is 3.21. The molecule has 1 saturated heterocycles. The van der Waals surface area contributed by atoms with Crippen molar-refractivity contribution in [2.45, 2.75) is 64.6 Å². The molecule has 0 spiro atoms.